The second-order valence-electron chi connectivity index (χ2n) is 5.60. The normalized spacial score (nSPS) is 56.7. The molecule has 1 aliphatic heterocycles. The van der Waals surface area contributed by atoms with Gasteiger partial charge in [-0.3, -0.25) is 0 Å². The molecule has 0 aromatic heterocycles. The van der Waals surface area contributed by atoms with E-state index >= 15 is 0 Å². The Morgan fingerprint density at radius 2 is 1.28 bits per heavy atom. The van der Waals surface area contributed by atoms with Gasteiger partial charge in [-0.05, 0) is 25.7 Å². The van der Waals surface area contributed by atoms with Crippen LogP contribution in [0.4, 0.5) is 0 Å². The van der Waals surface area contributed by atoms with Crippen LogP contribution in [0.3, 0.4) is 0 Å². The molecule has 8 atom stereocenters. The fraction of sp³-hybridized carbons (Fsp3) is 1.00. The Hall–Kier alpha value is 1.85. The van der Waals surface area contributed by atoms with Gasteiger partial charge in [-0.2, -0.15) is 11.8 Å². The van der Waals surface area contributed by atoms with Gasteiger partial charge in [-0.1, -0.05) is 31.9 Å². The van der Waals surface area contributed by atoms with E-state index in [1.165, 1.54) is 12.8 Å². The largest absolute Gasteiger partial charge is 0.306 e. The number of halogens is 4. The highest BCUT2D eigenvalue weighted by Crippen LogP contribution is 2.46. The van der Waals surface area contributed by atoms with Crippen molar-refractivity contribution >= 4 is 66.8 Å². The fourth-order valence-electron chi connectivity index (χ4n) is 3.39. The van der Waals surface area contributed by atoms with Crippen molar-refractivity contribution in [2.75, 3.05) is 0 Å². The molecule has 2 aliphatic carbocycles. The number of hydrogen-bond acceptors (Lipinski definition) is 2. The Balaban J connectivity index is 1.75. The van der Waals surface area contributed by atoms with E-state index in [4.69, 9.17) is 23.2 Å². The smallest absolute Gasteiger partial charge is 0.0510 e. The molecule has 0 aromatic carbocycles. The Labute approximate surface area is 140 Å². The molecule has 1 heterocycles. The van der Waals surface area contributed by atoms with Gasteiger partial charge in [0.15, 0.2) is 0 Å². The van der Waals surface area contributed by atoms with Crippen LogP contribution in [0.1, 0.15) is 25.7 Å². The van der Waals surface area contributed by atoms with E-state index in [9.17, 15) is 0 Å². The number of alkyl halides is 4. The Morgan fingerprint density at radius 3 is 1.72 bits per heavy atom. The maximum Gasteiger partial charge on any atom is 0.0510 e. The van der Waals surface area contributed by atoms with Crippen LogP contribution in [0, 0.1) is 0 Å². The summed E-state index contributed by atoms with van der Waals surface area (Å²) in [5.41, 5.74) is 0. The molecule has 3 rings (SSSR count). The number of fused-ring (bicyclic) bond motifs is 2. The van der Waals surface area contributed by atoms with Crippen molar-refractivity contribution in [1.82, 2.24) is 5.32 Å². The van der Waals surface area contributed by atoms with Crippen LogP contribution in [-0.2, 0) is 0 Å². The molecule has 0 radical (unpaired) electrons. The van der Waals surface area contributed by atoms with Crippen molar-refractivity contribution < 1.29 is 0 Å². The first-order valence-electron chi connectivity index (χ1n) is 6.52. The Kier molecular flexibility index (Phi) is 4.86. The zero-order valence-electron chi connectivity index (χ0n) is 9.87. The van der Waals surface area contributed by atoms with Crippen LogP contribution in [0.5, 0.6) is 0 Å². The van der Waals surface area contributed by atoms with Gasteiger partial charge < -0.3 is 5.32 Å². The monoisotopic (exact) mass is 435 g/mol. The van der Waals surface area contributed by atoms with E-state index in [2.05, 4.69) is 48.9 Å². The van der Waals surface area contributed by atoms with E-state index in [0.717, 1.165) is 12.8 Å². The summed E-state index contributed by atoms with van der Waals surface area (Å²) >= 11 is 22.7. The summed E-state index contributed by atoms with van der Waals surface area (Å²) in [6.45, 7) is 0. The highest BCUT2D eigenvalue weighted by molar-refractivity contribution is 9.09. The zero-order valence-corrected chi connectivity index (χ0v) is 15.4. The lowest BCUT2D eigenvalue weighted by atomic mass is 9.88. The molecule has 1 N–H and O–H groups in total. The molecule has 1 nitrogen and oxygen atoms in total. The maximum absolute atomic E-state index is 6.53. The van der Waals surface area contributed by atoms with Crippen molar-refractivity contribution in [1.29, 1.82) is 0 Å². The molecule has 0 amide bonds. The molecule has 3 fully saturated rings. The van der Waals surface area contributed by atoms with Crippen molar-refractivity contribution in [3.63, 3.8) is 0 Å². The molecule has 1 saturated heterocycles. The van der Waals surface area contributed by atoms with Crippen molar-refractivity contribution in [2.24, 2.45) is 0 Å². The standard InChI is InChI=1S/C12H17Br2Cl2NS/c13-5-1-7(15)11-9(3-5)18-10-4-6(14)2-8(16)12(10)17-11/h5-12,17H,1-4H2. The first-order chi connectivity index (χ1) is 8.54. The van der Waals surface area contributed by atoms with Gasteiger partial charge >= 0.3 is 0 Å². The van der Waals surface area contributed by atoms with Gasteiger partial charge in [-0.15, -0.1) is 23.2 Å². The maximum atomic E-state index is 6.53. The minimum Gasteiger partial charge on any atom is -0.306 e. The molecule has 3 aliphatic rings. The second-order valence-corrected chi connectivity index (χ2v) is 10.8. The third-order valence-electron chi connectivity index (χ3n) is 4.25. The van der Waals surface area contributed by atoms with Gasteiger partial charge in [0.1, 0.15) is 0 Å². The predicted molar refractivity (Wildman–Crippen MR) is 89.1 cm³/mol. The molecule has 0 aromatic rings. The van der Waals surface area contributed by atoms with Gasteiger partial charge in [0.2, 0.25) is 0 Å². The number of rotatable bonds is 0. The SMILES string of the molecule is ClC1CC(Br)CC2SC3CC(Br)CC(Cl)C3NC12. The predicted octanol–water partition coefficient (Wildman–Crippen LogP) is 4.13. The van der Waals surface area contributed by atoms with Crippen molar-refractivity contribution in [3.05, 3.63) is 0 Å². The minimum absolute atomic E-state index is 0.229. The Morgan fingerprint density at radius 1 is 0.833 bits per heavy atom. The summed E-state index contributed by atoms with van der Waals surface area (Å²) in [5, 5.41) is 5.50. The summed E-state index contributed by atoms with van der Waals surface area (Å²) in [6, 6.07) is 0.861. The highest BCUT2D eigenvalue weighted by Gasteiger charge is 2.48. The third kappa shape index (κ3) is 2.89. The number of nitrogens with one attached hydrogen (secondary N) is 1. The van der Waals surface area contributed by atoms with Gasteiger partial charge in [0.25, 0.3) is 0 Å². The van der Waals surface area contributed by atoms with Crippen LogP contribution in [0.25, 0.3) is 0 Å². The van der Waals surface area contributed by atoms with E-state index in [1.54, 1.807) is 0 Å². The van der Waals surface area contributed by atoms with E-state index < -0.39 is 0 Å². The van der Waals surface area contributed by atoms with Crippen LogP contribution in [0.15, 0.2) is 0 Å². The second kappa shape index (κ2) is 5.92. The molecule has 8 unspecified atom stereocenters. The molecule has 104 valence electrons. The molecule has 6 heteroatoms. The fourth-order valence-corrected chi connectivity index (χ4v) is 9.03. The quantitative estimate of drug-likeness (QED) is 0.572. The van der Waals surface area contributed by atoms with Crippen LogP contribution < -0.4 is 5.32 Å². The van der Waals surface area contributed by atoms with Crippen molar-refractivity contribution in [2.45, 2.75) is 68.7 Å². The van der Waals surface area contributed by atoms with E-state index in [0.29, 0.717) is 32.2 Å². The average Bonchev–Trinajstić information content (AvgIpc) is 2.26. The number of hydrogen-bond donors (Lipinski definition) is 1. The van der Waals surface area contributed by atoms with Crippen LogP contribution in [-0.4, -0.2) is 43.0 Å². The van der Waals surface area contributed by atoms with E-state index in [-0.39, 0.29) is 10.8 Å². The van der Waals surface area contributed by atoms with Crippen LogP contribution >= 0.6 is 66.8 Å². The number of thioether (sulfide) groups is 1. The highest BCUT2D eigenvalue weighted by atomic mass is 79.9. The lowest BCUT2D eigenvalue weighted by Crippen LogP contribution is -2.64. The summed E-state index contributed by atoms with van der Waals surface area (Å²) in [6.07, 6.45) is 4.55. The zero-order chi connectivity index (χ0) is 12.9. The molecule has 18 heavy (non-hydrogen) atoms. The first-order valence-corrected chi connectivity index (χ1v) is 10.2. The molecular formula is C12H17Br2Cl2NS. The van der Waals surface area contributed by atoms with Gasteiger partial charge in [-0.25, -0.2) is 0 Å². The van der Waals surface area contributed by atoms with Gasteiger partial charge in [0, 0.05) is 32.2 Å². The third-order valence-corrected chi connectivity index (χ3v) is 8.32. The Bertz CT molecular complexity index is 294. The topological polar surface area (TPSA) is 12.0 Å². The molecule has 2 saturated carbocycles. The lowest BCUT2D eigenvalue weighted by molar-refractivity contribution is 0.298. The summed E-state index contributed by atoms with van der Waals surface area (Å²) in [4.78, 5) is 1.14. The van der Waals surface area contributed by atoms with Crippen molar-refractivity contribution in [3.8, 4) is 0 Å². The molecule has 0 spiro atoms. The lowest BCUT2D eigenvalue weighted by Gasteiger charge is -2.51. The summed E-state index contributed by atoms with van der Waals surface area (Å²) in [7, 11) is 0. The van der Waals surface area contributed by atoms with E-state index in [1.807, 2.05) is 0 Å². The average molecular weight is 438 g/mol. The summed E-state index contributed by atoms with van der Waals surface area (Å²) < 4.78 is 0. The first kappa shape index (κ1) is 14.8. The minimum atomic E-state index is 0.229. The summed E-state index contributed by atoms with van der Waals surface area (Å²) in [5.74, 6) is 0. The van der Waals surface area contributed by atoms with Gasteiger partial charge in [0.05, 0.1) is 10.8 Å². The molecule has 0 bridgehead atoms. The molecular weight excluding hydrogens is 421 g/mol. The van der Waals surface area contributed by atoms with Crippen LogP contribution in [0.2, 0.25) is 0 Å².